The van der Waals surface area contributed by atoms with E-state index < -0.39 is 22.5 Å². The van der Waals surface area contributed by atoms with E-state index in [1.165, 1.54) is 0 Å². The van der Waals surface area contributed by atoms with Gasteiger partial charge in [0.2, 0.25) is 5.60 Å². The number of halogens is 1. The first-order valence-corrected chi connectivity index (χ1v) is 12.7. The van der Waals surface area contributed by atoms with Crippen molar-refractivity contribution >= 4 is 34.0 Å². The molecule has 0 saturated heterocycles. The molecule has 7 nitrogen and oxygen atoms in total. The second-order valence-electron chi connectivity index (χ2n) is 10.1. The molecule has 0 bridgehead atoms. The van der Waals surface area contributed by atoms with E-state index in [-0.39, 0.29) is 6.42 Å². The highest BCUT2D eigenvalue weighted by molar-refractivity contribution is 6.30. The summed E-state index contributed by atoms with van der Waals surface area (Å²) in [6.07, 6.45) is -0.0551. The fraction of sp³-hybridized carbons (Fsp3) is 0.258. The van der Waals surface area contributed by atoms with E-state index in [1.807, 2.05) is 51.1 Å². The Hall–Kier alpha value is -4.12. The van der Waals surface area contributed by atoms with Crippen molar-refractivity contribution in [2.45, 2.75) is 45.1 Å². The van der Waals surface area contributed by atoms with Crippen molar-refractivity contribution in [3.05, 3.63) is 98.5 Å². The number of fused-ring (bicyclic) bond motifs is 1. The van der Waals surface area contributed by atoms with Gasteiger partial charge in [0.1, 0.15) is 5.75 Å². The number of nitrogens with one attached hydrogen (secondary N) is 1. The number of nitrogens with zero attached hydrogens (tertiary/aromatic N) is 1. The highest BCUT2D eigenvalue weighted by Crippen LogP contribution is 2.39. The van der Waals surface area contributed by atoms with Crippen LogP contribution in [0.1, 0.15) is 42.7 Å². The molecule has 4 aromatic rings. The minimum atomic E-state index is -2.10. The Balaban J connectivity index is 1.76. The maximum absolute atomic E-state index is 13.7. The van der Waals surface area contributed by atoms with Crippen molar-refractivity contribution in [2.24, 2.45) is 0 Å². The fourth-order valence-corrected chi connectivity index (χ4v) is 4.73. The maximum atomic E-state index is 13.7. The topological polar surface area (TPSA) is 102 Å². The first-order valence-electron chi connectivity index (χ1n) is 12.3. The molecule has 1 aromatic heterocycles. The number of amides is 1. The Morgan fingerprint density at radius 3 is 2.56 bits per heavy atom. The Morgan fingerprint density at radius 2 is 1.85 bits per heavy atom. The molecular formula is C31H29ClN2O5. The van der Waals surface area contributed by atoms with Gasteiger partial charge < -0.3 is 19.7 Å². The zero-order chi connectivity index (χ0) is 28.4. The maximum Gasteiger partial charge on any atom is 0.366 e. The van der Waals surface area contributed by atoms with E-state index in [0.29, 0.717) is 38.5 Å². The second kappa shape index (κ2) is 10.9. The molecule has 0 aliphatic rings. The van der Waals surface area contributed by atoms with E-state index in [1.54, 1.807) is 44.4 Å². The summed E-state index contributed by atoms with van der Waals surface area (Å²) in [6.45, 7) is 7.41. The van der Waals surface area contributed by atoms with Crippen molar-refractivity contribution in [1.29, 1.82) is 0 Å². The van der Waals surface area contributed by atoms with Gasteiger partial charge in [-0.2, -0.15) is 0 Å². The molecule has 3 aromatic carbocycles. The number of rotatable bonds is 6. The van der Waals surface area contributed by atoms with Crippen LogP contribution in [0.15, 0.2) is 70.0 Å². The predicted octanol–water partition coefficient (Wildman–Crippen LogP) is 5.56. The van der Waals surface area contributed by atoms with E-state index in [4.69, 9.17) is 20.9 Å². The number of ether oxygens (including phenoxy) is 1. The van der Waals surface area contributed by atoms with Crippen LogP contribution < -0.4 is 15.7 Å². The smallest absolute Gasteiger partial charge is 0.366 e. The molecule has 1 atom stereocenters. The molecule has 2 N–H and O–H groups in total. The molecule has 0 aliphatic heterocycles. The van der Waals surface area contributed by atoms with Crippen LogP contribution in [0.3, 0.4) is 0 Å². The average molecular weight is 545 g/mol. The summed E-state index contributed by atoms with van der Waals surface area (Å²) in [7, 11) is 1.54. The minimum Gasteiger partial charge on any atom is -0.496 e. The lowest BCUT2D eigenvalue weighted by atomic mass is 9.74. The monoisotopic (exact) mass is 544 g/mol. The molecule has 200 valence electrons. The van der Waals surface area contributed by atoms with Crippen LogP contribution in [0.5, 0.6) is 5.75 Å². The van der Waals surface area contributed by atoms with Gasteiger partial charge in [0, 0.05) is 28.1 Å². The largest absolute Gasteiger partial charge is 0.496 e. The van der Waals surface area contributed by atoms with Gasteiger partial charge in [-0.1, -0.05) is 66.7 Å². The van der Waals surface area contributed by atoms with E-state index >= 15 is 0 Å². The summed E-state index contributed by atoms with van der Waals surface area (Å²) in [6, 6.07) is 17.5. The zero-order valence-corrected chi connectivity index (χ0v) is 23.1. The number of anilines is 1. The van der Waals surface area contributed by atoms with Gasteiger partial charge in [0.05, 0.1) is 18.2 Å². The average Bonchev–Trinajstić information content (AvgIpc) is 2.90. The van der Waals surface area contributed by atoms with Crippen LogP contribution in [-0.2, 0) is 10.2 Å². The van der Waals surface area contributed by atoms with Crippen molar-refractivity contribution in [1.82, 2.24) is 5.16 Å². The van der Waals surface area contributed by atoms with Gasteiger partial charge in [-0.25, -0.2) is 4.79 Å². The summed E-state index contributed by atoms with van der Waals surface area (Å²) in [5.41, 5.74) is -0.190. The van der Waals surface area contributed by atoms with Crippen molar-refractivity contribution in [3.63, 3.8) is 0 Å². The van der Waals surface area contributed by atoms with Gasteiger partial charge in [0.25, 0.3) is 5.91 Å². The van der Waals surface area contributed by atoms with Gasteiger partial charge >= 0.3 is 5.63 Å². The van der Waals surface area contributed by atoms with Gasteiger partial charge in [0.15, 0.2) is 0 Å². The number of carbonyl (C=O) groups is 1. The summed E-state index contributed by atoms with van der Waals surface area (Å²) in [4.78, 5) is 25.8. The molecule has 39 heavy (non-hydrogen) atoms. The Bertz CT molecular complexity index is 1680. The van der Waals surface area contributed by atoms with Crippen LogP contribution >= 0.6 is 11.6 Å². The summed E-state index contributed by atoms with van der Waals surface area (Å²) < 4.78 is 10.3. The Labute approximate surface area is 231 Å². The van der Waals surface area contributed by atoms with Crippen LogP contribution in [0.25, 0.3) is 10.8 Å². The third kappa shape index (κ3) is 5.98. The van der Waals surface area contributed by atoms with E-state index in [2.05, 4.69) is 22.3 Å². The molecule has 1 unspecified atom stereocenters. The number of methoxy groups -OCH3 is 1. The lowest BCUT2D eigenvalue weighted by Crippen LogP contribution is -2.46. The SMILES string of the molecule is COc1cc(Cl)ccc1C(C)(C)CC(O)(C#Cc1ccccc1C)C(=O)Nc1ccc2c(=O)onc(C)c2c1. The molecule has 4 rings (SSSR count). The quantitative estimate of drug-likeness (QED) is 0.308. The molecule has 1 amide bonds. The Kier molecular flexibility index (Phi) is 7.82. The summed E-state index contributed by atoms with van der Waals surface area (Å²) >= 11 is 6.17. The third-order valence-electron chi connectivity index (χ3n) is 6.67. The molecule has 0 radical (unpaired) electrons. The number of hydrogen-bond donors (Lipinski definition) is 2. The van der Waals surface area contributed by atoms with Crippen LogP contribution in [-0.4, -0.2) is 28.9 Å². The normalized spacial score (nSPS) is 12.8. The highest BCUT2D eigenvalue weighted by Gasteiger charge is 2.42. The third-order valence-corrected chi connectivity index (χ3v) is 6.90. The van der Waals surface area contributed by atoms with Gasteiger partial charge in [-0.05, 0) is 66.8 Å². The number of hydrogen-bond acceptors (Lipinski definition) is 6. The lowest BCUT2D eigenvalue weighted by Gasteiger charge is -2.33. The first-order chi connectivity index (χ1) is 18.4. The van der Waals surface area contributed by atoms with Crippen LogP contribution in [0, 0.1) is 25.7 Å². The molecule has 0 saturated carbocycles. The first kappa shape index (κ1) is 27.9. The lowest BCUT2D eigenvalue weighted by molar-refractivity contribution is -0.130. The standard InChI is InChI=1S/C31H29ClN2O5/c1-19-8-6-7-9-21(19)14-15-31(37,18-30(3,4)26-13-10-22(32)16-27(26)38-5)29(36)33-23-11-12-24-25(17-23)20(2)34-39-28(24)35/h6-13,16-17,37H,18H2,1-5H3,(H,33,36). The number of aryl methyl sites for hydroxylation is 2. The van der Waals surface area contributed by atoms with Crippen molar-refractivity contribution in [3.8, 4) is 17.6 Å². The summed E-state index contributed by atoms with van der Waals surface area (Å²) in [5, 5.41) is 19.8. The second-order valence-corrected chi connectivity index (χ2v) is 10.5. The van der Waals surface area contributed by atoms with E-state index in [9.17, 15) is 14.7 Å². The van der Waals surface area contributed by atoms with E-state index in [0.717, 1.165) is 11.1 Å². The summed E-state index contributed by atoms with van der Waals surface area (Å²) in [5.74, 6) is 5.69. The highest BCUT2D eigenvalue weighted by atomic mass is 35.5. The zero-order valence-electron chi connectivity index (χ0n) is 22.4. The van der Waals surface area contributed by atoms with Gasteiger partial charge in [-0.3, -0.25) is 4.79 Å². The van der Waals surface area contributed by atoms with Crippen molar-refractivity contribution in [2.75, 3.05) is 12.4 Å². The molecule has 0 aliphatic carbocycles. The minimum absolute atomic E-state index is 0.0551. The van der Waals surface area contributed by atoms with Crippen LogP contribution in [0.4, 0.5) is 5.69 Å². The molecule has 1 heterocycles. The molecule has 0 spiro atoms. The number of aliphatic hydroxyl groups is 1. The number of aromatic nitrogens is 1. The van der Waals surface area contributed by atoms with Crippen LogP contribution in [0.2, 0.25) is 5.02 Å². The predicted molar refractivity (Wildman–Crippen MR) is 152 cm³/mol. The molecular weight excluding hydrogens is 516 g/mol. The number of carbonyl (C=O) groups excluding carboxylic acids is 1. The number of benzene rings is 3. The molecule has 8 heteroatoms. The molecule has 0 fully saturated rings. The fourth-order valence-electron chi connectivity index (χ4n) is 4.57. The van der Waals surface area contributed by atoms with Crippen molar-refractivity contribution < 1.29 is 19.2 Å². The van der Waals surface area contributed by atoms with Gasteiger partial charge in [-0.15, -0.1) is 0 Å². The Morgan fingerprint density at radius 1 is 1.10 bits per heavy atom.